The molecule has 1 rings (SSSR count). The first kappa shape index (κ1) is 14.5. The van der Waals surface area contributed by atoms with Gasteiger partial charge in [0, 0.05) is 6.42 Å². The maximum absolute atomic E-state index is 12.0. The molecule has 0 spiro atoms. The number of carbonyl (C=O) groups excluding carboxylic acids is 2. The normalized spacial score (nSPS) is 16.6. The molecule has 0 aromatic rings. The van der Waals surface area contributed by atoms with E-state index in [0.29, 0.717) is 18.8 Å². The maximum Gasteiger partial charge on any atom is 0.408 e. The Morgan fingerprint density at radius 3 is 2.61 bits per heavy atom. The number of alkyl carbamates (subject to hydrolysis) is 1. The van der Waals surface area contributed by atoms with Gasteiger partial charge < -0.3 is 14.8 Å². The lowest BCUT2D eigenvalue weighted by molar-refractivity contribution is -0.120. The lowest BCUT2D eigenvalue weighted by Crippen LogP contribution is -2.43. The first-order chi connectivity index (χ1) is 8.33. The summed E-state index contributed by atoms with van der Waals surface area (Å²) >= 11 is 0. The minimum atomic E-state index is -0.593. The summed E-state index contributed by atoms with van der Waals surface area (Å²) < 4.78 is 10.3. The van der Waals surface area contributed by atoms with E-state index in [1.807, 2.05) is 6.92 Å². The van der Waals surface area contributed by atoms with Crippen molar-refractivity contribution in [3.8, 4) is 0 Å². The molecular weight excluding hydrogens is 234 g/mol. The van der Waals surface area contributed by atoms with Crippen molar-refractivity contribution in [2.24, 2.45) is 0 Å². The van der Waals surface area contributed by atoms with Crippen molar-refractivity contribution in [3.63, 3.8) is 0 Å². The number of ketones is 1. The summed E-state index contributed by atoms with van der Waals surface area (Å²) in [4.78, 5) is 23.6. The second-order valence-electron chi connectivity index (χ2n) is 5.18. The molecule has 0 radical (unpaired) electrons. The SMILES string of the molecule is CC[C@H](NC(=O)OC(C)(C)C)C(=O)C1=CCCO1. The summed E-state index contributed by atoms with van der Waals surface area (Å²) in [6.45, 7) is 7.69. The highest BCUT2D eigenvalue weighted by atomic mass is 16.6. The standard InChI is InChI=1S/C13H21NO4/c1-5-9(11(15)10-7-6-8-17-10)14-12(16)18-13(2,3)4/h7,9H,5-6,8H2,1-4H3,(H,14,16)/t9-/m0/s1. The molecule has 1 aliphatic rings. The smallest absolute Gasteiger partial charge is 0.408 e. The van der Waals surface area contributed by atoms with Crippen LogP contribution in [0.3, 0.4) is 0 Å². The molecule has 0 saturated heterocycles. The molecule has 5 nitrogen and oxygen atoms in total. The topological polar surface area (TPSA) is 64.6 Å². The largest absolute Gasteiger partial charge is 0.490 e. The zero-order valence-corrected chi connectivity index (χ0v) is 11.4. The van der Waals surface area contributed by atoms with Crippen LogP contribution in [0.1, 0.15) is 40.5 Å². The Kier molecular flexibility index (Phi) is 4.76. The molecule has 1 atom stereocenters. The summed E-state index contributed by atoms with van der Waals surface area (Å²) in [6, 6.07) is -0.593. The Hall–Kier alpha value is -1.52. The fourth-order valence-electron chi connectivity index (χ4n) is 1.56. The van der Waals surface area contributed by atoms with Crippen LogP contribution in [0.4, 0.5) is 4.79 Å². The lowest BCUT2D eigenvalue weighted by atomic mass is 10.1. The summed E-state index contributed by atoms with van der Waals surface area (Å²) in [5, 5.41) is 2.57. The first-order valence-electron chi connectivity index (χ1n) is 6.20. The maximum atomic E-state index is 12.0. The van der Waals surface area contributed by atoms with Gasteiger partial charge >= 0.3 is 6.09 Å². The van der Waals surface area contributed by atoms with Gasteiger partial charge in [-0.15, -0.1) is 0 Å². The zero-order chi connectivity index (χ0) is 13.8. The second-order valence-corrected chi connectivity index (χ2v) is 5.18. The molecule has 0 bridgehead atoms. The summed E-state index contributed by atoms with van der Waals surface area (Å²) in [6.07, 6.45) is 2.41. The molecule has 1 aliphatic heterocycles. The Morgan fingerprint density at radius 2 is 2.17 bits per heavy atom. The van der Waals surface area contributed by atoms with Gasteiger partial charge in [-0.2, -0.15) is 0 Å². The number of ether oxygens (including phenoxy) is 2. The van der Waals surface area contributed by atoms with Gasteiger partial charge in [-0.3, -0.25) is 4.79 Å². The molecule has 102 valence electrons. The van der Waals surface area contributed by atoms with Crippen molar-refractivity contribution in [1.29, 1.82) is 0 Å². The van der Waals surface area contributed by atoms with Gasteiger partial charge in [-0.25, -0.2) is 4.79 Å². The van der Waals surface area contributed by atoms with E-state index in [1.54, 1.807) is 26.8 Å². The summed E-state index contributed by atoms with van der Waals surface area (Å²) in [5.41, 5.74) is -0.575. The first-order valence-corrected chi connectivity index (χ1v) is 6.20. The van der Waals surface area contributed by atoms with Crippen molar-refractivity contribution >= 4 is 11.9 Å². The van der Waals surface area contributed by atoms with Crippen LogP contribution >= 0.6 is 0 Å². The lowest BCUT2D eigenvalue weighted by Gasteiger charge is -2.22. The fraction of sp³-hybridized carbons (Fsp3) is 0.692. The fourth-order valence-corrected chi connectivity index (χ4v) is 1.56. The Bertz CT molecular complexity index is 354. The minimum Gasteiger partial charge on any atom is -0.490 e. The predicted octanol–water partition coefficient (Wildman–Crippen LogP) is 2.16. The highest BCUT2D eigenvalue weighted by Gasteiger charge is 2.27. The van der Waals surface area contributed by atoms with Crippen LogP contribution in [0.2, 0.25) is 0 Å². The molecule has 1 N–H and O–H groups in total. The molecule has 0 aromatic carbocycles. The number of hydrogen-bond acceptors (Lipinski definition) is 4. The molecule has 0 aromatic heterocycles. The van der Waals surface area contributed by atoms with Gasteiger partial charge in [0.2, 0.25) is 5.78 Å². The van der Waals surface area contributed by atoms with Crippen molar-refractivity contribution < 1.29 is 19.1 Å². The third kappa shape index (κ3) is 4.39. The Morgan fingerprint density at radius 1 is 1.50 bits per heavy atom. The molecule has 5 heteroatoms. The molecular formula is C13H21NO4. The van der Waals surface area contributed by atoms with E-state index in [-0.39, 0.29) is 5.78 Å². The van der Waals surface area contributed by atoms with E-state index in [4.69, 9.17) is 9.47 Å². The third-order valence-corrected chi connectivity index (χ3v) is 2.36. The Balaban J connectivity index is 2.56. The quantitative estimate of drug-likeness (QED) is 0.836. The highest BCUT2D eigenvalue weighted by molar-refractivity contribution is 5.99. The number of nitrogens with one attached hydrogen (secondary N) is 1. The van der Waals surface area contributed by atoms with E-state index in [1.165, 1.54) is 0 Å². The van der Waals surface area contributed by atoms with Crippen LogP contribution in [-0.2, 0) is 14.3 Å². The predicted molar refractivity (Wildman–Crippen MR) is 67.1 cm³/mol. The van der Waals surface area contributed by atoms with Crippen LogP contribution in [-0.4, -0.2) is 30.1 Å². The molecule has 18 heavy (non-hydrogen) atoms. The van der Waals surface area contributed by atoms with E-state index >= 15 is 0 Å². The summed E-state index contributed by atoms with van der Waals surface area (Å²) in [7, 11) is 0. The number of amides is 1. The second kappa shape index (κ2) is 5.89. The van der Waals surface area contributed by atoms with Crippen molar-refractivity contribution in [1.82, 2.24) is 5.32 Å². The van der Waals surface area contributed by atoms with Crippen LogP contribution in [0, 0.1) is 0 Å². The molecule has 0 aliphatic carbocycles. The minimum absolute atomic E-state index is 0.194. The highest BCUT2D eigenvalue weighted by Crippen LogP contribution is 2.14. The Labute approximate surface area is 108 Å². The molecule has 1 amide bonds. The van der Waals surface area contributed by atoms with Crippen LogP contribution in [0.5, 0.6) is 0 Å². The average Bonchev–Trinajstić information content (AvgIpc) is 2.75. The molecule has 0 fully saturated rings. The molecule has 0 unspecified atom stereocenters. The number of rotatable bonds is 4. The van der Waals surface area contributed by atoms with E-state index < -0.39 is 17.7 Å². The van der Waals surface area contributed by atoms with Gasteiger partial charge in [0.05, 0.1) is 12.6 Å². The van der Waals surface area contributed by atoms with Crippen molar-refractivity contribution in [2.45, 2.75) is 52.2 Å². The van der Waals surface area contributed by atoms with Crippen LogP contribution in [0.15, 0.2) is 11.8 Å². The van der Waals surface area contributed by atoms with E-state index in [0.717, 1.165) is 6.42 Å². The molecule has 1 heterocycles. The number of carbonyl (C=O) groups is 2. The van der Waals surface area contributed by atoms with Gasteiger partial charge in [-0.1, -0.05) is 6.92 Å². The van der Waals surface area contributed by atoms with Crippen LogP contribution in [0.25, 0.3) is 0 Å². The van der Waals surface area contributed by atoms with Gasteiger partial charge in [0.1, 0.15) is 5.60 Å². The van der Waals surface area contributed by atoms with Gasteiger partial charge in [0.15, 0.2) is 5.76 Å². The van der Waals surface area contributed by atoms with E-state index in [2.05, 4.69) is 5.32 Å². The van der Waals surface area contributed by atoms with Crippen molar-refractivity contribution in [3.05, 3.63) is 11.8 Å². The monoisotopic (exact) mass is 255 g/mol. The van der Waals surface area contributed by atoms with Gasteiger partial charge in [0.25, 0.3) is 0 Å². The number of hydrogen-bond donors (Lipinski definition) is 1. The van der Waals surface area contributed by atoms with Crippen LogP contribution < -0.4 is 5.32 Å². The summed E-state index contributed by atoms with van der Waals surface area (Å²) in [5.74, 6) is 0.152. The van der Waals surface area contributed by atoms with E-state index in [9.17, 15) is 9.59 Å². The third-order valence-electron chi connectivity index (χ3n) is 2.36. The average molecular weight is 255 g/mol. The molecule has 0 saturated carbocycles. The number of Topliss-reactive ketones (excluding diaryl/α,β-unsaturated/α-hetero) is 1. The van der Waals surface area contributed by atoms with Gasteiger partial charge in [-0.05, 0) is 33.3 Å². The van der Waals surface area contributed by atoms with Crippen molar-refractivity contribution in [2.75, 3.05) is 6.61 Å². The zero-order valence-electron chi connectivity index (χ0n) is 11.4.